The van der Waals surface area contributed by atoms with E-state index < -0.39 is 0 Å². The fourth-order valence-electron chi connectivity index (χ4n) is 2.55. The van der Waals surface area contributed by atoms with E-state index in [1.54, 1.807) is 17.3 Å². The zero-order chi connectivity index (χ0) is 15.5. The highest BCUT2D eigenvalue weighted by molar-refractivity contribution is 5.89. The smallest absolute Gasteiger partial charge is 0.225 e. The molecule has 2 amide bonds. The number of rotatable bonds is 4. The van der Waals surface area contributed by atoms with Crippen molar-refractivity contribution in [2.75, 3.05) is 13.1 Å². The van der Waals surface area contributed by atoms with Crippen molar-refractivity contribution in [3.63, 3.8) is 0 Å². The largest absolute Gasteiger partial charge is 0.355 e. The van der Waals surface area contributed by atoms with E-state index in [-0.39, 0.29) is 23.3 Å². The first-order valence-electron chi connectivity index (χ1n) is 7.35. The lowest BCUT2D eigenvalue weighted by Crippen LogP contribution is -2.43. The maximum atomic E-state index is 12.1. The predicted molar refractivity (Wildman–Crippen MR) is 80.5 cm³/mol. The molecule has 1 atom stereocenters. The Kier molecular flexibility index (Phi) is 4.60. The van der Waals surface area contributed by atoms with Crippen LogP contribution in [0.15, 0.2) is 24.5 Å². The molecule has 5 nitrogen and oxygen atoms in total. The molecule has 1 aliphatic rings. The molecule has 0 saturated carbocycles. The average molecular weight is 289 g/mol. The van der Waals surface area contributed by atoms with Crippen molar-refractivity contribution in [3.05, 3.63) is 30.1 Å². The van der Waals surface area contributed by atoms with Gasteiger partial charge in [-0.25, -0.2) is 0 Å². The standard InChI is InChI=1S/C16H23N3O2/c1-16(2,3)19-11-13(9-14(19)20)15(21)18-8-6-12-5-4-7-17-10-12/h4-5,7,10,13H,6,8-9,11H2,1-3H3,(H,18,21)/t13-/m1/s1. The second-order valence-corrected chi connectivity index (χ2v) is 6.48. The molecule has 1 aromatic heterocycles. The molecule has 0 bridgehead atoms. The van der Waals surface area contributed by atoms with Crippen LogP contribution in [0.2, 0.25) is 0 Å². The zero-order valence-electron chi connectivity index (χ0n) is 12.9. The Balaban J connectivity index is 1.81. The summed E-state index contributed by atoms with van der Waals surface area (Å²) < 4.78 is 0. The van der Waals surface area contributed by atoms with Gasteiger partial charge in [0.25, 0.3) is 0 Å². The number of hydrogen-bond donors (Lipinski definition) is 1. The van der Waals surface area contributed by atoms with Gasteiger partial charge in [0.1, 0.15) is 0 Å². The molecule has 5 heteroatoms. The summed E-state index contributed by atoms with van der Waals surface area (Å²) in [6.07, 6.45) is 4.60. The SMILES string of the molecule is CC(C)(C)N1C[C@H](C(=O)NCCc2cccnc2)CC1=O. The molecule has 1 fully saturated rings. The molecule has 0 spiro atoms. The topological polar surface area (TPSA) is 62.3 Å². The van der Waals surface area contributed by atoms with E-state index in [9.17, 15) is 9.59 Å². The Morgan fingerprint density at radius 1 is 1.48 bits per heavy atom. The van der Waals surface area contributed by atoms with E-state index in [1.807, 2.05) is 32.9 Å². The van der Waals surface area contributed by atoms with E-state index in [4.69, 9.17) is 0 Å². The van der Waals surface area contributed by atoms with E-state index >= 15 is 0 Å². The summed E-state index contributed by atoms with van der Waals surface area (Å²) in [5.74, 6) is -0.195. The molecule has 1 aromatic rings. The molecule has 0 aliphatic carbocycles. The van der Waals surface area contributed by atoms with Crippen molar-refractivity contribution >= 4 is 11.8 Å². The van der Waals surface area contributed by atoms with Gasteiger partial charge in [0, 0.05) is 37.4 Å². The van der Waals surface area contributed by atoms with E-state index in [1.165, 1.54) is 0 Å². The van der Waals surface area contributed by atoms with Crippen molar-refractivity contribution in [2.24, 2.45) is 5.92 Å². The first-order valence-corrected chi connectivity index (χ1v) is 7.35. The fraction of sp³-hybridized carbons (Fsp3) is 0.562. The molecule has 2 rings (SSSR count). The number of carbonyl (C=O) groups excluding carboxylic acids is 2. The fourth-order valence-corrected chi connectivity index (χ4v) is 2.55. The molecule has 1 saturated heterocycles. The first kappa shape index (κ1) is 15.5. The molecule has 21 heavy (non-hydrogen) atoms. The van der Waals surface area contributed by atoms with Gasteiger partial charge in [-0.3, -0.25) is 14.6 Å². The van der Waals surface area contributed by atoms with E-state index in [2.05, 4.69) is 10.3 Å². The number of hydrogen-bond acceptors (Lipinski definition) is 3. The number of nitrogens with zero attached hydrogens (tertiary/aromatic N) is 2. The summed E-state index contributed by atoms with van der Waals surface area (Å²) in [4.78, 5) is 29.9. The summed E-state index contributed by atoms with van der Waals surface area (Å²) in [7, 11) is 0. The molecular formula is C16H23N3O2. The maximum absolute atomic E-state index is 12.1. The summed E-state index contributed by atoms with van der Waals surface area (Å²) in [6.45, 7) is 7.07. The van der Waals surface area contributed by atoms with Crippen molar-refractivity contribution < 1.29 is 9.59 Å². The minimum Gasteiger partial charge on any atom is -0.355 e. The molecule has 0 radical (unpaired) electrons. The Labute approximate surface area is 125 Å². The third-order valence-electron chi connectivity index (χ3n) is 3.74. The third-order valence-corrected chi connectivity index (χ3v) is 3.74. The van der Waals surface area contributed by atoms with Crippen LogP contribution in [0, 0.1) is 5.92 Å². The second kappa shape index (κ2) is 6.24. The number of aromatic nitrogens is 1. The second-order valence-electron chi connectivity index (χ2n) is 6.48. The predicted octanol–water partition coefficient (Wildman–Crippen LogP) is 1.39. The van der Waals surface area contributed by atoms with Crippen LogP contribution < -0.4 is 5.32 Å². The first-order chi connectivity index (χ1) is 9.88. The number of pyridine rings is 1. The molecule has 1 aliphatic heterocycles. The molecule has 0 aromatic carbocycles. The number of carbonyl (C=O) groups is 2. The Morgan fingerprint density at radius 2 is 2.24 bits per heavy atom. The number of likely N-dealkylation sites (tertiary alicyclic amines) is 1. The van der Waals surface area contributed by atoms with Crippen LogP contribution in [0.5, 0.6) is 0 Å². The number of nitrogens with one attached hydrogen (secondary N) is 1. The summed E-state index contributed by atoms with van der Waals surface area (Å²) >= 11 is 0. The van der Waals surface area contributed by atoms with Gasteiger partial charge in [0.15, 0.2) is 0 Å². The van der Waals surface area contributed by atoms with E-state index in [0.717, 1.165) is 12.0 Å². The maximum Gasteiger partial charge on any atom is 0.225 e. The lowest BCUT2D eigenvalue weighted by Gasteiger charge is -2.31. The molecule has 0 unspecified atom stereocenters. The van der Waals surface area contributed by atoms with Gasteiger partial charge in [-0.2, -0.15) is 0 Å². The van der Waals surface area contributed by atoms with Gasteiger partial charge in [0.2, 0.25) is 11.8 Å². The lowest BCUT2D eigenvalue weighted by atomic mass is 10.1. The molecule has 2 heterocycles. The van der Waals surface area contributed by atoms with Crippen LogP contribution in [-0.4, -0.2) is 40.3 Å². The zero-order valence-corrected chi connectivity index (χ0v) is 12.9. The van der Waals surface area contributed by atoms with Crippen molar-refractivity contribution in [1.82, 2.24) is 15.2 Å². The highest BCUT2D eigenvalue weighted by atomic mass is 16.2. The van der Waals surface area contributed by atoms with Crippen molar-refractivity contribution in [1.29, 1.82) is 0 Å². The van der Waals surface area contributed by atoms with Crippen molar-refractivity contribution in [2.45, 2.75) is 39.2 Å². The molecule has 1 N–H and O–H groups in total. The Hall–Kier alpha value is -1.91. The van der Waals surface area contributed by atoms with Crippen LogP contribution in [0.3, 0.4) is 0 Å². The van der Waals surface area contributed by atoms with Crippen LogP contribution in [0.25, 0.3) is 0 Å². The van der Waals surface area contributed by atoms with Crippen LogP contribution >= 0.6 is 0 Å². The minimum absolute atomic E-state index is 0.0287. The van der Waals surface area contributed by atoms with Gasteiger partial charge in [-0.15, -0.1) is 0 Å². The highest BCUT2D eigenvalue weighted by Crippen LogP contribution is 2.25. The van der Waals surface area contributed by atoms with Gasteiger partial charge in [-0.05, 0) is 38.8 Å². The van der Waals surface area contributed by atoms with Crippen LogP contribution in [-0.2, 0) is 16.0 Å². The molecule has 114 valence electrons. The van der Waals surface area contributed by atoms with E-state index in [0.29, 0.717) is 19.5 Å². The van der Waals surface area contributed by atoms with Gasteiger partial charge >= 0.3 is 0 Å². The van der Waals surface area contributed by atoms with Gasteiger partial charge in [0.05, 0.1) is 5.92 Å². The molecular weight excluding hydrogens is 266 g/mol. The quantitative estimate of drug-likeness (QED) is 0.911. The monoisotopic (exact) mass is 289 g/mol. The lowest BCUT2D eigenvalue weighted by molar-refractivity contribution is -0.132. The van der Waals surface area contributed by atoms with Gasteiger partial charge < -0.3 is 10.2 Å². The summed E-state index contributed by atoms with van der Waals surface area (Å²) in [5.41, 5.74) is 0.874. The van der Waals surface area contributed by atoms with Crippen LogP contribution in [0.4, 0.5) is 0 Å². The third kappa shape index (κ3) is 4.03. The summed E-state index contributed by atoms with van der Waals surface area (Å²) in [6, 6.07) is 3.87. The normalized spacial score (nSPS) is 18.9. The Morgan fingerprint density at radius 3 is 2.81 bits per heavy atom. The van der Waals surface area contributed by atoms with Gasteiger partial charge in [-0.1, -0.05) is 6.07 Å². The van der Waals surface area contributed by atoms with Crippen molar-refractivity contribution in [3.8, 4) is 0 Å². The number of amides is 2. The summed E-state index contributed by atoms with van der Waals surface area (Å²) in [5, 5.41) is 2.92. The Bertz CT molecular complexity index is 508. The highest BCUT2D eigenvalue weighted by Gasteiger charge is 2.39. The minimum atomic E-state index is -0.231. The van der Waals surface area contributed by atoms with Crippen LogP contribution in [0.1, 0.15) is 32.8 Å². The average Bonchev–Trinajstić information content (AvgIpc) is 2.82.